The van der Waals surface area contributed by atoms with Crippen molar-refractivity contribution in [2.75, 3.05) is 39.1 Å². The van der Waals surface area contributed by atoms with Crippen molar-refractivity contribution in [3.63, 3.8) is 0 Å². The standard InChI is InChI=1S/C25H32FN3O2/c1-28-17-20(25(30)27-22-6-8-23(31-2)9-7-22)15-24(28)19-10-12-29(13-11-19)16-18-4-3-5-21(26)14-18/h3-9,14,19-20,24H,10-13,15-17H2,1-2H3,(H,27,30)/t20-,24-/m1/s1. The van der Waals surface area contributed by atoms with Crippen LogP contribution in [0.15, 0.2) is 48.5 Å². The number of halogens is 1. The molecule has 5 nitrogen and oxygen atoms in total. The number of hydrogen-bond donors (Lipinski definition) is 1. The lowest BCUT2D eigenvalue weighted by molar-refractivity contribution is -0.119. The Bertz CT molecular complexity index is 881. The number of likely N-dealkylation sites (tertiary alicyclic amines) is 2. The van der Waals surface area contributed by atoms with E-state index in [-0.39, 0.29) is 17.6 Å². The van der Waals surface area contributed by atoms with Gasteiger partial charge in [-0.15, -0.1) is 0 Å². The van der Waals surface area contributed by atoms with Gasteiger partial charge in [0.2, 0.25) is 5.91 Å². The van der Waals surface area contributed by atoms with Crippen molar-refractivity contribution in [1.29, 1.82) is 0 Å². The average molecular weight is 426 g/mol. The molecule has 0 saturated carbocycles. The molecule has 0 aromatic heterocycles. The van der Waals surface area contributed by atoms with Crippen LogP contribution in [-0.4, -0.2) is 55.5 Å². The van der Waals surface area contributed by atoms with Crippen molar-refractivity contribution < 1.29 is 13.9 Å². The number of carbonyl (C=O) groups excluding carboxylic acids is 1. The largest absolute Gasteiger partial charge is 0.497 e. The van der Waals surface area contributed by atoms with E-state index in [1.54, 1.807) is 19.2 Å². The fraction of sp³-hybridized carbons (Fsp3) is 0.480. The molecule has 31 heavy (non-hydrogen) atoms. The Balaban J connectivity index is 1.27. The van der Waals surface area contributed by atoms with Crippen LogP contribution < -0.4 is 10.1 Å². The maximum Gasteiger partial charge on any atom is 0.228 e. The molecule has 2 aliphatic rings. The molecule has 166 valence electrons. The second kappa shape index (κ2) is 9.79. The summed E-state index contributed by atoms with van der Waals surface area (Å²) in [5.74, 6) is 1.33. The van der Waals surface area contributed by atoms with Crippen LogP contribution >= 0.6 is 0 Å². The summed E-state index contributed by atoms with van der Waals surface area (Å²) >= 11 is 0. The number of benzene rings is 2. The summed E-state index contributed by atoms with van der Waals surface area (Å²) < 4.78 is 18.6. The predicted molar refractivity (Wildman–Crippen MR) is 121 cm³/mol. The number of rotatable bonds is 6. The van der Waals surface area contributed by atoms with E-state index in [9.17, 15) is 9.18 Å². The minimum atomic E-state index is -0.168. The van der Waals surface area contributed by atoms with E-state index in [2.05, 4.69) is 22.2 Å². The fourth-order valence-corrected chi connectivity index (χ4v) is 5.08. The zero-order chi connectivity index (χ0) is 21.8. The van der Waals surface area contributed by atoms with Crippen molar-refractivity contribution in [3.05, 3.63) is 59.9 Å². The molecular formula is C25H32FN3O2. The molecule has 0 bridgehead atoms. The number of hydrogen-bond acceptors (Lipinski definition) is 4. The van der Waals surface area contributed by atoms with Gasteiger partial charge in [-0.05, 0) is 87.3 Å². The molecule has 0 spiro atoms. The highest BCUT2D eigenvalue weighted by atomic mass is 19.1. The van der Waals surface area contributed by atoms with Gasteiger partial charge < -0.3 is 15.0 Å². The summed E-state index contributed by atoms with van der Waals surface area (Å²) in [6.07, 6.45) is 3.15. The topological polar surface area (TPSA) is 44.8 Å². The molecule has 2 aromatic rings. The van der Waals surface area contributed by atoms with Gasteiger partial charge in [0.05, 0.1) is 13.0 Å². The normalized spacial score (nSPS) is 23.1. The third kappa shape index (κ3) is 5.43. The SMILES string of the molecule is COc1ccc(NC(=O)[C@@H]2C[C@H](C3CCN(Cc4cccc(F)c4)CC3)N(C)C2)cc1. The van der Waals surface area contributed by atoms with Crippen molar-refractivity contribution in [1.82, 2.24) is 9.80 Å². The third-order valence-electron chi connectivity index (χ3n) is 6.80. The summed E-state index contributed by atoms with van der Waals surface area (Å²) in [6, 6.07) is 14.8. The number of anilines is 1. The van der Waals surface area contributed by atoms with Crippen LogP contribution in [0.1, 0.15) is 24.8 Å². The second-order valence-corrected chi connectivity index (χ2v) is 8.90. The number of ether oxygens (including phenoxy) is 1. The minimum Gasteiger partial charge on any atom is -0.497 e. The van der Waals surface area contributed by atoms with Crippen LogP contribution in [-0.2, 0) is 11.3 Å². The zero-order valence-corrected chi connectivity index (χ0v) is 18.4. The number of piperidine rings is 1. The van der Waals surface area contributed by atoms with Gasteiger partial charge >= 0.3 is 0 Å². The van der Waals surface area contributed by atoms with Crippen LogP contribution in [0.25, 0.3) is 0 Å². The molecule has 0 radical (unpaired) electrons. The molecule has 2 aliphatic heterocycles. The first kappa shape index (κ1) is 21.8. The molecule has 4 rings (SSSR count). The van der Waals surface area contributed by atoms with E-state index in [0.29, 0.717) is 12.0 Å². The molecule has 2 heterocycles. The van der Waals surface area contributed by atoms with Crippen molar-refractivity contribution in [2.24, 2.45) is 11.8 Å². The fourth-order valence-electron chi connectivity index (χ4n) is 5.08. The van der Waals surface area contributed by atoms with Crippen molar-refractivity contribution >= 4 is 11.6 Å². The first-order chi connectivity index (χ1) is 15.0. The average Bonchev–Trinajstić information content (AvgIpc) is 3.17. The maximum atomic E-state index is 13.4. The predicted octanol–water partition coefficient (Wildman–Crippen LogP) is 4.01. The minimum absolute atomic E-state index is 0.0161. The summed E-state index contributed by atoms with van der Waals surface area (Å²) in [5.41, 5.74) is 1.84. The highest BCUT2D eigenvalue weighted by molar-refractivity contribution is 5.93. The number of nitrogens with one attached hydrogen (secondary N) is 1. The van der Waals surface area contributed by atoms with E-state index in [1.807, 2.05) is 30.3 Å². The Hall–Kier alpha value is -2.44. The Morgan fingerprint density at radius 3 is 2.58 bits per heavy atom. The summed E-state index contributed by atoms with van der Waals surface area (Å²) in [5, 5.41) is 3.06. The molecule has 2 aromatic carbocycles. The maximum absolute atomic E-state index is 13.4. The first-order valence-corrected chi connectivity index (χ1v) is 11.1. The monoisotopic (exact) mass is 425 g/mol. The van der Waals surface area contributed by atoms with Gasteiger partial charge in [0.25, 0.3) is 0 Å². The Kier molecular flexibility index (Phi) is 6.88. The number of amides is 1. The van der Waals surface area contributed by atoms with Crippen molar-refractivity contribution in [3.8, 4) is 5.75 Å². The Labute approximate surface area is 184 Å². The Morgan fingerprint density at radius 2 is 1.90 bits per heavy atom. The lowest BCUT2D eigenvalue weighted by Gasteiger charge is -2.37. The summed E-state index contributed by atoms with van der Waals surface area (Å²) in [4.78, 5) is 17.6. The zero-order valence-electron chi connectivity index (χ0n) is 18.4. The first-order valence-electron chi connectivity index (χ1n) is 11.1. The summed E-state index contributed by atoms with van der Waals surface area (Å²) in [6.45, 7) is 3.65. The van der Waals surface area contributed by atoms with Gasteiger partial charge in [0, 0.05) is 24.8 Å². The van der Waals surface area contributed by atoms with E-state index < -0.39 is 0 Å². The quantitative estimate of drug-likeness (QED) is 0.760. The Morgan fingerprint density at radius 1 is 1.16 bits per heavy atom. The molecular weight excluding hydrogens is 393 g/mol. The molecule has 1 amide bonds. The highest BCUT2D eigenvalue weighted by Crippen LogP contribution is 2.34. The summed E-state index contributed by atoms with van der Waals surface area (Å²) in [7, 11) is 3.78. The molecule has 6 heteroatoms. The third-order valence-corrected chi connectivity index (χ3v) is 6.80. The molecule has 0 aliphatic carbocycles. The van der Waals surface area contributed by atoms with Gasteiger partial charge in [-0.3, -0.25) is 9.69 Å². The van der Waals surface area contributed by atoms with E-state index in [1.165, 1.54) is 6.07 Å². The second-order valence-electron chi connectivity index (χ2n) is 8.90. The van der Waals surface area contributed by atoms with Crippen molar-refractivity contribution in [2.45, 2.75) is 31.8 Å². The van der Waals surface area contributed by atoms with E-state index in [0.717, 1.165) is 62.4 Å². The molecule has 1 N–H and O–H groups in total. The van der Waals surface area contributed by atoms with Crippen LogP contribution in [0.5, 0.6) is 5.75 Å². The van der Waals surface area contributed by atoms with Crippen LogP contribution in [0.4, 0.5) is 10.1 Å². The number of carbonyl (C=O) groups is 1. The molecule has 2 atom stereocenters. The number of methoxy groups -OCH3 is 1. The van der Waals surface area contributed by atoms with Gasteiger partial charge in [0.15, 0.2) is 0 Å². The van der Waals surface area contributed by atoms with Crippen LogP contribution in [0, 0.1) is 17.7 Å². The molecule has 2 saturated heterocycles. The number of nitrogens with zero attached hydrogens (tertiary/aromatic N) is 2. The lowest BCUT2D eigenvalue weighted by atomic mass is 9.86. The van der Waals surface area contributed by atoms with Gasteiger partial charge in [-0.1, -0.05) is 12.1 Å². The van der Waals surface area contributed by atoms with Gasteiger partial charge in [0.1, 0.15) is 11.6 Å². The van der Waals surface area contributed by atoms with Gasteiger partial charge in [-0.25, -0.2) is 4.39 Å². The van der Waals surface area contributed by atoms with E-state index in [4.69, 9.17) is 4.74 Å². The smallest absolute Gasteiger partial charge is 0.228 e. The lowest BCUT2D eigenvalue weighted by Crippen LogP contribution is -2.41. The van der Waals surface area contributed by atoms with Gasteiger partial charge in [-0.2, -0.15) is 0 Å². The van der Waals surface area contributed by atoms with E-state index >= 15 is 0 Å². The van der Waals surface area contributed by atoms with Crippen LogP contribution in [0.2, 0.25) is 0 Å². The highest BCUT2D eigenvalue weighted by Gasteiger charge is 2.39. The van der Waals surface area contributed by atoms with Crippen LogP contribution in [0.3, 0.4) is 0 Å². The molecule has 0 unspecified atom stereocenters. The molecule has 2 fully saturated rings.